The molecule has 2 aliphatic rings. The second-order valence-corrected chi connectivity index (χ2v) is 8.76. The molecule has 0 aromatic carbocycles. The van der Waals surface area contributed by atoms with Crippen LogP contribution >= 0.6 is 0 Å². The molecule has 0 aromatic heterocycles. The highest BCUT2D eigenvalue weighted by atomic mass is 19.1. The largest absolute Gasteiger partial charge is 0.374 e. The fraction of sp³-hybridized carbons (Fsp3) is 0.542. The lowest BCUT2D eigenvalue weighted by Crippen LogP contribution is -2.39. The molecule has 0 spiro atoms. The highest BCUT2D eigenvalue weighted by Crippen LogP contribution is 2.29. The third-order valence-electron chi connectivity index (χ3n) is 5.36. The number of aliphatic imine (C=N–C) groups is 1. The molecular formula is C24H36FN5O. The monoisotopic (exact) mass is 429 g/mol. The molecular weight excluding hydrogens is 393 g/mol. The van der Waals surface area contributed by atoms with E-state index >= 15 is 0 Å². The molecule has 2 rings (SSSR count). The molecule has 1 N–H and O–H groups in total. The van der Waals surface area contributed by atoms with Crippen molar-refractivity contribution in [3.63, 3.8) is 0 Å². The van der Waals surface area contributed by atoms with Crippen LogP contribution in [0.4, 0.5) is 4.39 Å². The SMILES string of the molecule is C=C(C)/C=N\C(=C/C)NC(=O)CCCN(C)C1=C[C@H](F)CC=C1CN1N=CCC1(C)C. The van der Waals surface area contributed by atoms with Crippen LogP contribution in [0.2, 0.25) is 0 Å². The summed E-state index contributed by atoms with van der Waals surface area (Å²) in [5.41, 5.74) is 2.75. The third-order valence-corrected chi connectivity index (χ3v) is 5.36. The van der Waals surface area contributed by atoms with Gasteiger partial charge < -0.3 is 10.2 Å². The van der Waals surface area contributed by atoms with E-state index in [0.717, 1.165) is 23.3 Å². The highest BCUT2D eigenvalue weighted by Gasteiger charge is 2.31. The number of carbonyl (C=O) groups is 1. The van der Waals surface area contributed by atoms with Crippen LogP contribution in [0.5, 0.6) is 0 Å². The van der Waals surface area contributed by atoms with Gasteiger partial charge in [0.05, 0.1) is 12.1 Å². The van der Waals surface area contributed by atoms with Crippen LogP contribution in [-0.4, -0.2) is 60.1 Å². The van der Waals surface area contributed by atoms with Crippen LogP contribution < -0.4 is 5.32 Å². The molecule has 7 heteroatoms. The number of alkyl halides is 1. The molecule has 1 atom stereocenters. The molecule has 0 unspecified atom stereocenters. The van der Waals surface area contributed by atoms with Crippen LogP contribution in [0.3, 0.4) is 0 Å². The van der Waals surface area contributed by atoms with E-state index in [-0.39, 0.29) is 11.4 Å². The third kappa shape index (κ3) is 7.49. The number of likely N-dealkylation sites (N-methyl/N-ethyl adjacent to an activating group) is 1. The van der Waals surface area contributed by atoms with Crippen molar-refractivity contribution in [2.75, 3.05) is 20.1 Å². The Morgan fingerprint density at radius 2 is 2.26 bits per heavy atom. The van der Waals surface area contributed by atoms with Crippen molar-refractivity contribution in [2.24, 2.45) is 10.1 Å². The predicted octanol–water partition coefficient (Wildman–Crippen LogP) is 4.35. The normalized spacial score (nSPS) is 20.6. The van der Waals surface area contributed by atoms with Crippen LogP contribution in [0.25, 0.3) is 0 Å². The lowest BCUT2D eigenvalue weighted by molar-refractivity contribution is -0.120. The first-order chi connectivity index (χ1) is 14.6. The molecule has 0 aromatic rings. The summed E-state index contributed by atoms with van der Waals surface area (Å²) in [5, 5.41) is 9.37. The van der Waals surface area contributed by atoms with E-state index in [1.807, 2.05) is 38.1 Å². The minimum absolute atomic E-state index is 0.0354. The minimum Gasteiger partial charge on any atom is -0.374 e. The number of allylic oxidation sites excluding steroid dienone is 4. The number of hydrogen-bond acceptors (Lipinski definition) is 5. The van der Waals surface area contributed by atoms with Gasteiger partial charge in [-0.05, 0) is 57.4 Å². The summed E-state index contributed by atoms with van der Waals surface area (Å²) in [4.78, 5) is 18.5. The van der Waals surface area contributed by atoms with Gasteiger partial charge in [0, 0.05) is 51.0 Å². The number of halogens is 1. The fourth-order valence-corrected chi connectivity index (χ4v) is 3.43. The van der Waals surface area contributed by atoms with Crippen LogP contribution in [-0.2, 0) is 4.79 Å². The molecule has 0 fully saturated rings. The van der Waals surface area contributed by atoms with E-state index in [1.54, 1.807) is 18.4 Å². The van der Waals surface area contributed by atoms with E-state index in [4.69, 9.17) is 0 Å². The van der Waals surface area contributed by atoms with Crippen LogP contribution in [0.1, 0.15) is 53.4 Å². The number of nitrogens with one attached hydrogen (secondary N) is 1. The van der Waals surface area contributed by atoms with Crippen molar-refractivity contribution in [2.45, 2.75) is 65.1 Å². The Kier molecular flexibility index (Phi) is 8.77. The lowest BCUT2D eigenvalue weighted by Gasteiger charge is -2.35. The summed E-state index contributed by atoms with van der Waals surface area (Å²) >= 11 is 0. The molecule has 31 heavy (non-hydrogen) atoms. The van der Waals surface area contributed by atoms with Gasteiger partial charge in [-0.25, -0.2) is 9.38 Å². The molecule has 1 heterocycles. The molecule has 6 nitrogen and oxygen atoms in total. The summed E-state index contributed by atoms with van der Waals surface area (Å²) in [6, 6.07) is 0. The molecule has 0 saturated carbocycles. The van der Waals surface area contributed by atoms with Gasteiger partial charge >= 0.3 is 0 Å². The molecule has 1 aliphatic carbocycles. The van der Waals surface area contributed by atoms with Crippen molar-refractivity contribution in [1.82, 2.24) is 15.2 Å². The maximum absolute atomic E-state index is 14.1. The number of hydrogen-bond donors (Lipinski definition) is 1. The number of nitrogens with zero attached hydrogens (tertiary/aromatic N) is 4. The lowest BCUT2D eigenvalue weighted by atomic mass is 9.97. The Balaban J connectivity index is 1.90. The second-order valence-electron chi connectivity index (χ2n) is 8.76. The van der Waals surface area contributed by atoms with Gasteiger partial charge in [-0.2, -0.15) is 5.10 Å². The molecule has 0 saturated heterocycles. The Bertz CT molecular complexity index is 822. The zero-order valence-corrected chi connectivity index (χ0v) is 19.5. The van der Waals surface area contributed by atoms with Crippen molar-refractivity contribution in [3.05, 3.63) is 47.5 Å². The van der Waals surface area contributed by atoms with E-state index < -0.39 is 6.17 Å². The van der Waals surface area contributed by atoms with Gasteiger partial charge in [-0.1, -0.05) is 12.7 Å². The summed E-state index contributed by atoms with van der Waals surface area (Å²) in [7, 11) is 1.95. The maximum atomic E-state index is 14.1. The smallest absolute Gasteiger partial charge is 0.225 e. The second kappa shape index (κ2) is 11.1. The van der Waals surface area contributed by atoms with E-state index in [2.05, 4.69) is 40.8 Å². The molecule has 170 valence electrons. The number of rotatable bonds is 10. The first-order valence-electron chi connectivity index (χ1n) is 10.8. The van der Waals surface area contributed by atoms with Crippen LogP contribution in [0.15, 0.2) is 57.6 Å². The van der Waals surface area contributed by atoms with Crippen LogP contribution in [0, 0.1) is 0 Å². The van der Waals surface area contributed by atoms with Gasteiger partial charge in [0.15, 0.2) is 0 Å². The summed E-state index contributed by atoms with van der Waals surface area (Å²) in [5.74, 6) is 0.417. The summed E-state index contributed by atoms with van der Waals surface area (Å²) in [6.45, 7) is 13.0. The molecule has 0 radical (unpaired) electrons. The molecule has 1 amide bonds. The van der Waals surface area contributed by atoms with E-state index in [0.29, 0.717) is 38.2 Å². The Morgan fingerprint density at radius 3 is 2.87 bits per heavy atom. The van der Waals surface area contributed by atoms with Gasteiger partial charge in [-0.3, -0.25) is 9.80 Å². The predicted molar refractivity (Wildman–Crippen MR) is 127 cm³/mol. The topological polar surface area (TPSA) is 60.3 Å². The van der Waals surface area contributed by atoms with Crippen molar-refractivity contribution in [1.29, 1.82) is 0 Å². The summed E-state index contributed by atoms with van der Waals surface area (Å²) < 4.78 is 14.1. The first-order valence-corrected chi connectivity index (χ1v) is 10.8. The zero-order chi connectivity index (χ0) is 23.0. The van der Waals surface area contributed by atoms with Gasteiger partial charge in [0.1, 0.15) is 12.0 Å². The van der Waals surface area contributed by atoms with Gasteiger partial charge in [0.2, 0.25) is 5.91 Å². The maximum Gasteiger partial charge on any atom is 0.225 e. The number of hydrazone groups is 1. The van der Waals surface area contributed by atoms with Crippen molar-refractivity contribution < 1.29 is 9.18 Å². The molecule has 0 bridgehead atoms. The van der Waals surface area contributed by atoms with Crippen molar-refractivity contribution >= 4 is 18.3 Å². The van der Waals surface area contributed by atoms with Gasteiger partial charge in [0.25, 0.3) is 0 Å². The van der Waals surface area contributed by atoms with Gasteiger partial charge in [-0.15, -0.1) is 0 Å². The fourth-order valence-electron chi connectivity index (χ4n) is 3.43. The minimum atomic E-state index is -0.983. The summed E-state index contributed by atoms with van der Waals surface area (Å²) in [6.07, 6.45) is 10.3. The average Bonchev–Trinajstić information content (AvgIpc) is 3.04. The Labute approximate surface area is 186 Å². The standard InChI is InChI=1S/C24H36FN5O/c1-7-22(26-16-18(2)3)28-23(31)9-8-14-29(6)21-15-20(25)11-10-19(21)17-30-24(4,5)12-13-27-30/h7,10,13,15-16,20H,2,8-9,11-12,14,17H2,1,3-6H3,(H,28,31)/b22-7+,26-16-/t20-/m1/s1. The highest BCUT2D eigenvalue weighted by molar-refractivity contribution is 5.80. The number of carbonyl (C=O) groups excluding carboxylic acids is 1. The first kappa shape index (κ1) is 24.6. The zero-order valence-electron chi connectivity index (χ0n) is 19.5. The average molecular weight is 430 g/mol. The molecule has 1 aliphatic heterocycles. The number of amides is 1. The van der Waals surface area contributed by atoms with E-state index in [1.165, 1.54) is 0 Å². The van der Waals surface area contributed by atoms with E-state index in [9.17, 15) is 9.18 Å². The Morgan fingerprint density at radius 1 is 1.52 bits per heavy atom. The van der Waals surface area contributed by atoms with Crippen molar-refractivity contribution in [3.8, 4) is 0 Å². The quantitative estimate of drug-likeness (QED) is 0.526. The Hall–Kier alpha value is -2.70.